The van der Waals surface area contributed by atoms with Gasteiger partial charge in [0.15, 0.2) is 0 Å². The van der Waals surface area contributed by atoms with E-state index in [4.69, 9.17) is 4.74 Å². The van der Waals surface area contributed by atoms with Gasteiger partial charge in [0.2, 0.25) is 5.01 Å². The first-order valence-electron chi connectivity index (χ1n) is 6.20. The van der Waals surface area contributed by atoms with Crippen LogP contribution in [0.2, 0.25) is 0 Å². The molecular formula is C14H13BrN2O3S. The summed E-state index contributed by atoms with van der Waals surface area (Å²) in [6.45, 7) is 3.92. The molecule has 7 heteroatoms. The van der Waals surface area contributed by atoms with Crippen molar-refractivity contribution in [1.82, 2.24) is 4.98 Å². The SMILES string of the molecule is CCOC(=O)c1nc(C(=O)Nc2cc(C)cc(Br)c2)cs1. The van der Waals surface area contributed by atoms with Crippen LogP contribution in [0.15, 0.2) is 28.1 Å². The number of benzene rings is 1. The van der Waals surface area contributed by atoms with Gasteiger partial charge in [-0.05, 0) is 37.6 Å². The molecule has 1 heterocycles. The minimum atomic E-state index is -0.514. The monoisotopic (exact) mass is 368 g/mol. The number of esters is 1. The Morgan fingerprint density at radius 2 is 2.14 bits per heavy atom. The van der Waals surface area contributed by atoms with Crippen LogP contribution in [0.3, 0.4) is 0 Å². The van der Waals surface area contributed by atoms with Gasteiger partial charge in [-0.15, -0.1) is 11.3 Å². The van der Waals surface area contributed by atoms with Crippen molar-refractivity contribution in [2.24, 2.45) is 0 Å². The van der Waals surface area contributed by atoms with Crippen LogP contribution in [0.25, 0.3) is 0 Å². The van der Waals surface area contributed by atoms with E-state index < -0.39 is 5.97 Å². The fourth-order valence-electron chi connectivity index (χ4n) is 1.67. The van der Waals surface area contributed by atoms with Gasteiger partial charge in [0.1, 0.15) is 5.69 Å². The number of aromatic nitrogens is 1. The molecule has 1 aromatic carbocycles. The molecule has 0 aliphatic rings. The van der Waals surface area contributed by atoms with Gasteiger partial charge in [-0.2, -0.15) is 0 Å². The highest BCUT2D eigenvalue weighted by Crippen LogP contribution is 2.20. The maximum atomic E-state index is 12.1. The highest BCUT2D eigenvalue weighted by molar-refractivity contribution is 9.10. The van der Waals surface area contributed by atoms with Crippen molar-refractivity contribution in [3.05, 3.63) is 44.3 Å². The number of amides is 1. The Balaban J connectivity index is 2.12. The van der Waals surface area contributed by atoms with Crippen LogP contribution in [-0.2, 0) is 4.74 Å². The van der Waals surface area contributed by atoms with E-state index in [0.29, 0.717) is 5.69 Å². The van der Waals surface area contributed by atoms with Crippen molar-refractivity contribution in [2.75, 3.05) is 11.9 Å². The molecule has 1 amide bonds. The molecule has 21 heavy (non-hydrogen) atoms. The summed E-state index contributed by atoms with van der Waals surface area (Å²) in [5.41, 5.74) is 1.88. The topological polar surface area (TPSA) is 68.3 Å². The van der Waals surface area contributed by atoms with E-state index in [1.165, 1.54) is 5.38 Å². The van der Waals surface area contributed by atoms with Crippen LogP contribution in [0.1, 0.15) is 32.8 Å². The third-order valence-electron chi connectivity index (χ3n) is 2.49. The Morgan fingerprint density at radius 3 is 2.81 bits per heavy atom. The molecule has 0 saturated heterocycles. The summed E-state index contributed by atoms with van der Waals surface area (Å²) in [4.78, 5) is 27.6. The molecule has 0 radical (unpaired) electrons. The van der Waals surface area contributed by atoms with E-state index in [1.54, 1.807) is 13.0 Å². The van der Waals surface area contributed by atoms with Crippen molar-refractivity contribution in [2.45, 2.75) is 13.8 Å². The van der Waals surface area contributed by atoms with E-state index in [-0.39, 0.29) is 23.2 Å². The lowest BCUT2D eigenvalue weighted by atomic mass is 10.2. The van der Waals surface area contributed by atoms with Gasteiger partial charge in [0.05, 0.1) is 6.61 Å². The number of aryl methyl sites for hydroxylation is 1. The summed E-state index contributed by atoms with van der Waals surface area (Å²) in [7, 11) is 0. The minimum Gasteiger partial charge on any atom is -0.461 e. The van der Waals surface area contributed by atoms with Gasteiger partial charge in [-0.25, -0.2) is 9.78 Å². The summed E-state index contributed by atoms with van der Waals surface area (Å²) >= 11 is 4.46. The first-order valence-corrected chi connectivity index (χ1v) is 7.88. The van der Waals surface area contributed by atoms with Crippen molar-refractivity contribution < 1.29 is 14.3 Å². The lowest BCUT2D eigenvalue weighted by molar-refractivity contribution is 0.0526. The zero-order valence-corrected chi connectivity index (χ0v) is 13.9. The van der Waals surface area contributed by atoms with Crippen molar-refractivity contribution >= 4 is 44.8 Å². The number of halogens is 1. The number of nitrogens with one attached hydrogen (secondary N) is 1. The molecule has 0 unspecified atom stereocenters. The molecule has 0 bridgehead atoms. The molecule has 0 aliphatic heterocycles. The van der Waals surface area contributed by atoms with Crippen LogP contribution < -0.4 is 5.32 Å². The summed E-state index contributed by atoms with van der Waals surface area (Å²) in [5.74, 6) is -0.876. The Labute approximate surface area is 134 Å². The molecule has 1 aromatic heterocycles. The van der Waals surface area contributed by atoms with Crippen LogP contribution in [0, 0.1) is 6.92 Å². The van der Waals surface area contributed by atoms with Crippen molar-refractivity contribution in [3.8, 4) is 0 Å². The maximum Gasteiger partial charge on any atom is 0.367 e. The predicted octanol–water partition coefficient (Wildman–Crippen LogP) is 3.64. The first kappa shape index (κ1) is 15.7. The van der Waals surface area contributed by atoms with Gasteiger partial charge in [0.25, 0.3) is 5.91 Å². The van der Waals surface area contributed by atoms with Crippen LogP contribution >= 0.6 is 27.3 Å². The van der Waals surface area contributed by atoms with E-state index in [0.717, 1.165) is 21.4 Å². The summed E-state index contributed by atoms with van der Waals surface area (Å²) in [6.07, 6.45) is 0. The Morgan fingerprint density at radius 1 is 1.38 bits per heavy atom. The molecule has 110 valence electrons. The largest absolute Gasteiger partial charge is 0.461 e. The number of anilines is 1. The maximum absolute atomic E-state index is 12.1. The lowest BCUT2D eigenvalue weighted by Crippen LogP contribution is -2.13. The number of thiazole rings is 1. The molecule has 2 rings (SSSR count). The predicted molar refractivity (Wildman–Crippen MR) is 84.9 cm³/mol. The zero-order valence-electron chi connectivity index (χ0n) is 11.5. The zero-order chi connectivity index (χ0) is 15.4. The second-order valence-corrected chi connectivity index (χ2v) is 6.00. The second-order valence-electron chi connectivity index (χ2n) is 4.23. The molecule has 1 N–H and O–H groups in total. The average Bonchev–Trinajstić information content (AvgIpc) is 2.87. The number of hydrogen-bond acceptors (Lipinski definition) is 5. The summed E-state index contributed by atoms with van der Waals surface area (Å²) in [6, 6.07) is 5.59. The molecular weight excluding hydrogens is 356 g/mol. The van der Waals surface area contributed by atoms with Gasteiger partial charge < -0.3 is 10.1 Å². The number of ether oxygens (including phenoxy) is 1. The van der Waals surface area contributed by atoms with Gasteiger partial charge in [-0.3, -0.25) is 4.79 Å². The number of carbonyl (C=O) groups excluding carboxylic acids is 2. The van der Waals surface area contributed by atoms with Gasteiger partial charge in [0, 0.05) is 15.5 Å². The fourth-order valence-corrected chi connectivity index (χ4v) is 2.97. The van der Waals surface area contributed by atoms with Crippen molar-refractivity contribution in [1.29, 1.82) is 0 Å². The van der Waals surface area contributed by atoms with E-state index in [9.17, 15) is 9.59 Å². The molecule has 0 fully saturated rings. The normalized spacial score (nSPS) is 10.2. The highest BCUT2D eigenvalue weighted by atomic mass is 79.9. The van der Waals surface area contributed by atoms with Crippen LogP contribution in [0.4, 0.5) is 5.69 Å². The third kappa shape index (κ3) is 4.12. The summed E-state index contributed by atoms with van der Waals surface area (Å²) in [5, 5.41) is 4.45. The van der Waals surface area contributed by atoms with Gasteiger partial charge in [-0.1, -0.05) is 15.9 Å². The van der Waals surface area contributed by atoms with Crippen LogP contribution in [-0.4, -0.2) is 23.5 Å². The Kier molecular flexibility index (Phi) is 5.08. The van der Waals surface area contributed by atoms with Crippen molar-refractivity contribution in [3.63, 3.8) is 0 Å². The number of carbonyl (C=O) groups is 2. The smallest absolute Gasteiger partial charge is 0.367 e. The molecule has 2 aromatic rings. The first-order chi connectivity index (χ1) is 9.99. The average molecular weight is 369 g/mol. The Bertz CT molecular complexity index is 664. The standard InChI is InChI=1S/C14H13BrN2O3S/c1-3-20-14(19)13-17-11(7-21-13)12(18)16-10-5-8(2)4-9(15)6-10/h4-7H,3H2,1-2H3,(H,16,18). The van der Waals surface area contributed by atoms with E-state index in [1.807, 2.05) is 19.1 Å². The number of hydrogen-bond donors (Lipinski definition) is 1. The molecule has 0 spiro atoms. The lowest BCUT2D eigenvalue weighted by Gasteiger charge is -2.05. The quantitative estimate of drug-likeness (QED) is 0.836. The van der Waals surface area contributed by atoms with E-state index in [2.05, 4.69) is 26.2 Å². The third-order valence-corrected chi connectivity index (χ3v) is 3.77. The Hall–Kier alpha value is -1.73. The minimum absolute atomic E-state index is 0.174. The molecule has 0 atom stereocenters. The van der Waals surface area contributed by atoms with Gasteiger partial charge >= 0.3 is 5.97 Å². The van der Waals surface area contributed by atoms with Crippen LogP contribution in [0.5, 0.6) is 0 Å². The number of nitrogens with zero attached hydrogens (tertiary/aromatic N) is 1. The molecule has 0 aliphatic carbocycles. The van der Waals surface area contributed by atoms with E-state index >= 15 is 0 Å². The second kappa shape index (κ2) is 6.82. The molecule has 5 nitrogen and oxygen atoms in total. The summed E-state index contributed by atoms with van der Waals surface area (Å²) < 4.78 is 5.72. The molecule has 0 saturated carbocycles. The highest BCUT2D eigenvalue weighted by Gasteiger charge is 2.16. The number of rotatable bonds is 4. The fraction of sp³-hybridized carbons (Fsp3) is 0.214.